The first kappa shape index (κ1) is 18.5. The Morgan fingerprint density at radius 1 is 1.27 bits per heavy atom. The van der Waals surface area contributed by atoms with E-state index in [-0.39, 0.29) is 17.7 Å². The highest BCUT2D eigenvalue weighted by Gasteiger charge is 2.28. The van der Waals surface area contributed by atoms with Crippen LogP contribution in [0.2, 0.25) is 0 Å². The number of thioether (sulfide) groups is 1. The van der Waals surface area contributed by atoms with Crippen molar-refractivity contribution < 1.29 is 9.90 Å². The molecule has 1 aliphatic heterocycles. The average molecular weight is 365 g/mol. The van der Waals surface area contributed by atoms with Crippen LogP contribution in [-0.2, 0) is 23.1 Å². The lowest BCUT2D eigenvalue weighted by Crippen LogP contribution is -2.25. The molecule has 0 saturated carbocycles. The number of aliphatic carboxylic acids is 1. The van der Waals surface area contributed by atoms with E-state index in [1.807, 2.05) is 11.8 Å². The Morgan fingerprint density at radius 2 is 2.00 bits per heavy atom. The monoisotopic (exact) mass is 365 g/mol. The van der Waals surface area contributed by atoms with Gasteiger partial charge in [0.2, 0.25) is 0 Å². The van der Waals surface area contributed by atoms with Crippen molar-refractivity contribution in [3.63, 3.8) is 0 Å². The van der Waals surface area contributed by atoms with E-state index in [9.17, 15) is 9.90 Å². The number of hydrogen-bond donors (Lipinski definition) is 0. The molecule has 1 aromatic heterocycles. The summed E-state index contributed by atoms with van der Waals surface area (Å²) in [6.45, 7) is 6.72. The normalized spacial score (nSPS) is 14.9. The minimum absolute atomic E-state index is 0.166. The number of carboxylic acid groups (broad SMARTS) is 1. The highest BCUT2D eigenvalue weighted by atomic mass is 32.2. The molecule has 2 heterocycles. The first-order valence-corrected chi connectivity index (χ1v) is 9.70. The lowest BCUT2D eigenvalue weighted by Gasteiger charge is -2.32. The predicted octanol–water partition coefficient (Wildman–Crippen LogP) is 2.50. The van der Waals surface area contributed by atoms with Crippen LogP contribution in [0.15, 0.2) is 29.4 Å². The second kappa shape index (κ2) is 7.51. The molecule has 0 saturated heterocycles. The summed E-state index contributed by atoms with van der Waals surface area (Å²) in [6, 6.07) is 4.52. The average Bonchev–Trinajstić information content (AvgIpc) is 2.60. The molecule has 0 amide bonds. The second-order valence-corrected chi connectivity index (χ2v) is 8.16. The lowest BCUT2D eigenvalue weighted by atomic mass is 9.80. The highest BCUT2D eigenvalue weighted by Crippen LogP contribution is 2.42. The molecule has 1 aliphatic rings. The van der Waals surface area contributed by atoms with Crippen LogP contribution in [0.1, 0.15) is 55.3 Å². The maximum atomic E-state index is 10.6. The number of aromatic nitrogens is 2. The minimum Gasteiger partial charge on any atom is -0.550 e. The van der Waals surface area contributed by atoms with E-state index in [0.717, 1.165) is 24.2 Å². The molecule has 0 unspecified atom stereocenters. The van der Waals surface area contributed by atoms with E-state index in [0.29, 0.717) is 5.56 Å². The van der Waals surface area contributed by atoms with E-state index >= 15 is 0 Å². The number of rotatable bonds is 3. The number of benzene rings is 1. The van der Waals surface area contributed by atoms with Crippen molar-refractivity contribution in [2.45, 2.75) is 50.3 Å². The van der Waals surface area contributed by atoms with Crippen LogP contribution < -0.4 is 5.11 Å². The summed E-state index contributed by atoms with van der Waals surface area (Å²) in [5, 5.41) is 10.6. The molecule has 0 aliphatic carbocycles. The summed E-state index contributed by atoms with van der Waals surface area (Å²) < 4.78 is 0. The number of carbonyl (C=O) groups excluding carboxylic acids is 1. The van der Waals surface area contributed by atoms with Gasteiger partial charge in [0.05, 0.1) is 5.56 Å². The van der Waals surface area contributed by atoms with Crippen molar-refractivity contribution in [1.82, 2.24) is 9.97 Å². The molecule has 134 valence electrons. The maximum absolute atomic E-state index is 10.6. The van der Waals surface area contributed by atoms with Crippen molar-refractivity contribution >= 4 is 17.7 Å². The van der Waals surface area contributed by atoms with E-state index in [2.05, 4.69) is 54.7 Å². The lowest BCUT2D eigenvalue weighted by molar-refractivity contribution is -0.304. The van der Waals surface area contributed by atoms with Gasteiger partial charge >= 0.3 is 0 Å². The molecular formula is C21H21N2O2S-. The zero-order chi connectivity index (χ0) is 18.7. The minimum atomic E-state index is -1.19. The van der Waals surface area contributed by atoms with Crippen molar-refractivity contribution in [3.8, 4) is 11.8 Å². The quantitative estimate of drug-likeness (QED) is 0.782. The Morgan fingerprint density at radius 3 is 2.65 bits per heavy atom. The fourth-order valence-corrected chi connectivity index (χ4v) is 4.56. The largest absolute Gasteiger partial charge is 0.550 e. The number of carboxylic acids is 1. The summed E-state index contributed by atoms with van der Waals surface area (Å²) in [4.78, 5) is 20.0. The molecule has 0 fully saturated rings. The van der Waals surface area contributed by atoms with Gasteiger partial charge in [-0.05, 0) is 47.3 Å². The fourth-order valence-electron chi connectivity index (χ4n) is 3.01. The summed E-state index contributed by atoms with van der Waals surface area (Å²) in [5.74, 6) is 6.57. The topological polar surface area (TPSA) is 65.9 Å². The van der Waals surface area contributed by atoms with Gasteiger partial charge in [0.1, 0.15) is 5.82 Å². The van der Waals surface area contributed by atoms with Gasteiger partial charge in [-0.1, -0.05) is 32.6 Å². The number of nitrogens with zero attached hydrogens (tertiary/aromatic N) is 2. The molecule has 26 heavy (non-hydrogen) atoms. The van der Waals surface area contributed by atoms with Crippen molar-refractivity contribution in [2.75, 3.05) is 5.75 Å². The Hall–Kier alpha value is -2.32. The van der Waals surface area contributed by atoms with Gasteiger partial charge < -0.3 is 9.90 Å². The van der Waals surface area contributed by atoms with Crippen LogP contribution in [0.5, 0.6) is 0 Å². The molecule has 3 rings (SSSR count). The molecule has 0 bridgehead atoms. The third-order valence-corrected chi connectivity index (χ3v) is 5.71. The molecular weight excluding hydrogens is 344 g/mol. The van der Waals surface area contributed by atoms with Crippen LogP contribution in [0, 0.1) is 11.8 Å². The zero-order valence-corrected chi connectivity index (χ0v) is 16.1. The van der Waals surface area contributed by atoms with E-state index < -0.39 is 5.97 Å². The summed E-state index contributed by atoms with van der Waals surface area (Å²) >= 11 is 1.93. The highest BCUT2D eigenvalue weighted by molar-refractivity contribution is 7.99. The van der Waals surface area contributed by atoms with Crippen LogP contribution in [0.3, 0.4) is 0 Å². The molecule has 0 N–H and O–H groups in total. The molecule has 0 atom stereocenters. The standard InChI is InChI=1S/C21H22N2O2S/c1-4-15-10-18-17(21(2,3)7-8-26-18)9-16(15)6-5-14-12-22-19(23-13-14)11-20(24)25/h9-10,12-13H,4,7-8,11H2,1-3H3,(H,24,25)/p-1. The third kappa shape index (κ3) is 4.08. The van der Waals surface area contributed by atoms with Gasteiger partial charge in [0.25, 0.3) is 0 Å². The first-order chi connectivity index (χ1) is 12.4. The number of hydrogen-bond acceptors (Lipinski definition) is 5. The number of carbonyl (C=O) groups is 1. The van der Waals surface area contributed by atoms with Gasteiger partial charge in [0.15, 0.2) is 0 Å². The van der Waals surface area contributed by atoms with Gasteiger partial charge in [-0.15, -0.1) is 11.8 Å². The fraction of sp³-hybridized carbons (Fsp3) is 0.381. The molecule has 0 spiro atoms. The summed E-state index contributed by atoms with van der Waals surface area (Å²) in [6.07, 6.45) is 4.92. The summed E-state index contributed by atoms with van der Waals surface area (Å²) in [7, 11) is 0. The predicted molar refractivity (Wildman–Crippen MR) is 101 cm³/mol. The number of aryl methyl sites for hydroxylation is 1. The molecule has 5 heteroatoms. The van der Waals surface area contributed by atoms with Crippen LogP contribution in [-0.4, -0.2) is 21.7 Å². The third-order valence-electron chi connectivity index (χ3n) is 4.65. The molecule has 2 aromatic rings. The molecule has 1 aromatic carbocycles. The van der Waals surface area contributed by atoms with Crippen molar-refractivity contribution in [3.05, 3.63) is 52.6 Å². The SMILES string of the molecule is CCc1cc2c(cc1C#Cc1cnc(CC(=O)[O-])nc1)C(C)(C)CCS2. The van der Waals surface area contributed by atoms with E-state index in [1.54, 1.807) is 12.4 Å². The van der Waals surface area contributed by atoms with Crippen LogP contribution in [0.25, 0.3) is 0 Å². The van der Waals surface area contributed by atoms with Crippen LogP contribution in [0.4, 0.5) is 0 Å². The molecule has 0 radical (unpaired) electrons. The smallest absolute Gasteiger partial charge is 0.133 e. The van der Waals surface area contributed by atoms with Gasteiger partial charge in [-0.3, -0.25) is 0 Å². The number of fused-ring (bicyclic) bond motifs is 1. The van der Waals surface area contributed by atoms with Gasteiger partial charge in [0, 0.05) is 35.2 Å². The zero-order valence-electron chi connectivity index (χ0n) is 15.3. The first-order valence-electron chi connectivity index (χ1n) is 8.72. The second-order valence-electron chi connectivity index (χ2n) is 7.03. The maximum Gasteiger partial charge on any atom is 0.133 e. The van der Waals surface area contributed by atoms with E-state index in [4.69, 9.17) is 0 Å². The van der Waals surface area contributed by atoms with E-state index in [1.165, 1.54) is 16.0 Å². The van der Waals surface area contributed by atoms with Crippen LogP contribution >= 0.6 is 11.8 Å². The Labute approximate surface area is 158 Å². The van der Waals surface area contributed by atoms with Gasteiger partial charge in [-0.25, -0.2) is 9.97 Å². The van der Waals surface area contributed by atoms with Crippen molar-refractivity contribution in [2.24, 2.45) is 0 Å². The van der Waals surface area contributed by atoms with Gasteiger partial charge in [-0.2, -0.15) is 0 Å². The Bertz CT molecular complexity index is 893. The Kier molecular flexibility index (Phi) is 5.33. The molecule has 4 nitrogen and oxygen atoms in total. The summed E-state index contributed by atoms with van der Waals surface area (Å²) in [5.41, 5.74) is 4.49. The van der Waals surface area contributed by atoms with Crippen molar-refractivity contribution in [1.29, 1.82) is 0 Å². The Balaban J connectivity index is 1.93.